The van der Waals surface area contributed by atoms with E-state index in [0.29, 0.717) is 23.6 Å². The Labute approximate surface area is 140 Å². The Bertz CT molecular complexity index is 853. The summed E-state index contributed by atoms with van der Waals surface area (Å²) >= 11 is 0. The van der Waals surface area contributed by atoms with Gasteiger partial charge in [0.25, 0.3) is 0 Å². The molecule has 124 valence electrons. The molecule has 2 aromatic carbocycles. The fourth-order valence-electron chi connectivity index (χ4n) is 2.69. The zero-order chi connectivity index (χ0) is 17.1. The second-order valence-corrected chi connectivity index (χ2v) is 5.81. The lowest BCUT2D eigenvalue weighted by molar-refractivity contribution is -0.116. The highest BCUT2D eigenvalue weighted by Gasteiger charge is 2.14. The van der Waals surface area contributed by atoms with Crippen molar-refractivity contribution in [1.29, 1.82) is 0 Å². The smallest absolute Gasteiger partial charge is 0.225 e. The van der Waals surface area contributed by atoms with Crippen molar-refractivity contribution in [2.24, 2.45) is 0 Å². The van der Waals surface area contributed by atoms with E-state index in [1.807, 2.05) is 49.4 Å². The molecule has 24 heavy (non-hydrogen) atoms. The SMILES string of the molecule is COc1ccc(C(C)CC(=O)Nc2cccc3nc(C)oc23)cc1. The summed E-state index contributed by atoms with van der Waals surface area (Å²) in [6.45, 7) is 3.82. The number of hydrogen-bond acceptors (Lipinski definition) is 4. The molecule has 0 radical (unpaired) electrons. The normalized spacial score (nSPS) is 12.1. The Morgan fingerprint density at radius 1 is 1.25 bits per heavy atom. The van der Waals surface area contributed by atoms with Gasteiger partial charge in [0.05, 0.1) is 12.8 Å². The quantitative estimate of drug-likeness (QED) is 0.761. The molecule has 5 heteroatoms. The number of oxazole rings is 1. The maximum atomic E-state index is 12.4. The number of fused-ring (bicyclic) bond motifs is 1. The Morgan fingerprint density at radius 3 is 2.71 bits per heavy atom. The van der Waals surface area contributed by atoms with Gasteiger partial charge in [-0.05, 0) is 35.7 Å². The van der Waals surface area contributed by atoms with E-state index in [1.165, 1.54) is 0 Å². The first-order valence-corrected chi connectivity index (χ1v) is 7.87. The number of aromatic nitrogens is 1. The summed E-state index contributed by atoms with van der Waals surface area (Å²) in [5.41, 5.74) is 3.11. The summed E-state index contributed by atoms with van der Waals surface area (Å²) in [6, 6.07) is 13.3. The topological polar surface area (TPSA) is 64.4 Å². The monoisotopic (exact) mass is 324 g/mol. The zero-order valence-corrected chi connectivity index (χ0v) is 14.0. The summed E-state index contributed by atoms with van der Waals surface area (Å²) in [7, 11) is 1.64. The second-order valence-electron chi connectivity index (χ2n) is 5.81. The number of benzene rings is 2. The molecule has 0 spiro atoms. The van der Waals surface area contributed by atoms with Crippen molar-refractivity contribution in [2.75, 3.05) is 12.4 Å². The lowest BCUT2D eigenvalue weighted by atomic mass is 9.97. The molecule has 0 fully saturated rings. The molecule has 1 heterocycles. The van der Waals surface area contributed by atoms with Crippen LogP contribution in [0.15, 0.2) is 46.9 Å². The maximum Gasteiger partial charge on any atom is 0.225 e. The van der Waals surface area contributed by atoms with Gasteiger partial charge in [-0.25, -0.2) is 4.98 Å². The molecule has 1 atom stereocenters. The van der Waals surface area contributed by atoms with Gasteiger partial charge in [0.1, 0.15) is 11.3 Å². The van der Waals surface area contributed by atoms with Gasteiger partial charge in [0.2, 0.25) is 5.91 Å². The van der Waals surface area contributed by atoms with Gasteiger partial charge >= 0.3 is 0 Å². The van der Waals surface area contributed by atoms with Crippen LogP contribution in [0.25, 0.3) is 11.1 Å². The van der Waals surface area contributed by atoms with E-state index in [2.05, 4.69) is 10.3 Å². The first kappa shape index (κ1) is 16.1. The summed E-state index contributed by atoms with van der Waals surface area (Å²) < 4.78 is 10.7. The number of ether oxygens (including phenoxy) is 1. The average Bonchev–Trinajstić information content (AvgIpc) is 2.96. The van der Waals surface area contributed by atoms with E-state index in [9.17, 15) is 4.79 Å². The van der Waals surface area contributed by atoms with Crippen molar-refractivity contribution in [2.45, 2.75) is 26.2 Å². The number of carbonyl (C=O) groups excluding carboxylic acids is 1. The van der Waals surface area contributed by atoms with Gasteiger partial charge in [-0.15, -0.1) is 0 Å². The van der Waals surface area contributed by atoms with Crippen LogP contribution in [0.5, 0.6) is 5.75 Å². The number of nitrogens with zero attached hydrogens (tertiary/aromatic N) is 1. The third kappa shape index (κ3) is 3.40. The third-order valence-electron chi connectivity index (χ3n) is 3.97. The predicted octanol–water partition coefficient (Wildman–Crippen LogP) is 4.28. The molecule has 3 rings (SSSR count). The van der Waals surface area contributed by atoms with E-state index in [-0.39, 0.29) is 11.8 Å². The van der Waals surface area contributed by atoms with Gasteiger partial charge < -0.3 is 14.5 Å². The van der Waals surface area contributed by atoms with Gasteiger partial charge in [0.15, 0.2) is 11.5 Å². The van der Waals surface area contributed by atoms with E-state index < -0.39 is 0 Å². The lowest BCUT2D eigenvalue weighted by Gasteiger charge is -2.12. The Kier molecular flexibility index (Phi) is 4.51. The first-order valence-electron chi connectivity index (χ1n) is 7.87. The van der Waals surface area contributed by atoms with Crippen molar-refractivity contribution in [1.82, 2.24) is 4.98 Å². The molecular formula is C19H20N2O3. The minimum atomic E-state index is -0.0557. The molecule has 0 aliphatic carbocycles. The molecule has 1 N–H and O–H groups in total. The van der Waals surface area contributed by atoms with Crippen molar-refractivity contribution in [3.8, 4) is 5.75 Å². The largest absolute Gasteiger partial charge is 0.497 e. The average molecular weight is 324 g/mol. The van der Waals surface area contributed by atoms with Gasteiger partial charge in [-0.3, -0.25) is 4.79 Å². The zero-order valence-electron chi connectivity index (χ0n) is 14.0. The van der Waals surface area contributed by atoms with Crippen LogP contribution in [-0.2, 0) is 4.79 Å². The maximum absolute atomic E-state index is 12.4. The van der Waals surface area contributed by atoms with Crippen molar-refractivity contribution < 1.29 is 13.9 Å². The van der Waals surface area contributed by atoms with Crippen LogP contribution in [0, 0.1) is 6.92 Å². The molecule has 0 saturated carbocycles. The molecule has 1 unspecified atom stereocenters. The molecule has 0 aliphatic heterocycles. The fourth-order valence-corrected chi connectivity index (χ4v) is 2.69. The van der Waals surface area contributed by atoms with E-state index in [4.69, 9.17) is 9.15 Å². The number of para-hydroxylation sites is 1. The number of nitrogens with one attached hydrogen (secondary N) is 1. The van der Waals surface area contributed by atoms with Crippen LogP contribution < -0.4 is 10.1 Å². The van der Waals surface area contributed by atoms with Gasteiger partial charge in [0, 0.05) is 13.3 Å². The highest BCUT2D eigenvalue weighted by Crippen LogP contribution is 2.26. The first-order chi connectivity index (χ1) is 11.6. The number of aryl methyl sites for hydroxylation is 1. The molecule has 5 nitrogen and oxygen atoms in total. The Morgan fingerprint density at radius 2 is 2.00 bits per heavy atom. The fraction of sp³-hybridized carbons (Fsp3) is 0.263. The standard InChI is InChI=1S/C19H20N2O3/c1-12(14-7-9-15(23-3)10-8-14)11-18(22)21-17-6-4-5-16-19(17)24-13(2)20-16/h4-10,12H,11H2,1-3H3,(H,21,22). The summed E-state index contributed by atoms with van der Waals surface area (Å²) in [5.74, 6) is 1.44. The number of anilines is 1. The van der Waals surface area contributed by atoms with Crippen LogP contribution in [0.1, 0.15) is 30.7 Å². The van der Waals surface area contributed by atoms with Crippen molar-refractivity contribution >= 4 is 22.7 Å². The molecule has 0 aliphatic rings. The van der Waals surface area contributed by atoms with E-state index >= 15 is 0 Å². The highest BCUT2D eigenvalue weighted by atomic mass is 16.5. The number of carbonyl (C=O) groups is 1. The van der Waals surface area contributed by atoms with Crippen LogP contribution in [-0.4, -0.2) is 18.0 Å². The van der Waals surface area contributed by atoms with Crippen LogP contribution in [0.3, 0.4) is 0 Å². The number of amides is 1. The minimum absolute atomic E-state index is 0.0557. The van der Waals surface area contributed by atoms with Crippen LogP contribution >= 0.6 is 0 Å². The van der Waals surface area contributed by atoms with E-state index in [0.717, 1.165) is 16.8 Å². The lowest BCUT2D eigenvalue weighted by Crippen LogP contribution is -2.14. The molecule has 3 aromatic rings. The van der Waals surface area contributed by atoms with Crippen molar-refractivity contribution in [3.63, 3.8) is 0 Å². The number of rotatable bonds is 5. The van der Waals surface area contributed by atoms with Crippen LogP contribution in [0.2, 0.25) is 0 Å². The molecule has 1 amide bonds. The Hall–Kier alpha value is -2.82. The summed E-state index contributed by atoms with van der Waals surface area (Å²) in [4.78, 5) is 16.6. The Balaban J connectivity index is 1.70. The second kappa shape index (κ2) is 6.74. The van der Waals surface area contributed by atoms with Crippen molar-refractivity contribution in [3.05, 3.63) is 53.9 Å². The molecule has 0 bridgehead atoms. The predicted molar refractivity (Wildman–Crippen MR) is 93.4 cm³/mol. The van der Waals surface area contributed by atoms with Gasteiger partial charge in [-0.1, -0.05) is 25.1 Å². The minimum Gasteiger partial charge on any atom is -0.497 e. The molecule has 0 saturated heterocycles. The number of hydrogen-bond donors (Lipinski definition) is 1. The third-order valence-corrected chi connectivity index (χ3v) is 3.97. The number of methoxy groups -OCH3 is 1. The molecular weight excluding hydrogens is 304 g/mol. The van der Waals surface area contributed by atoms with Crippen LogP contribution in [0.4, 0.5) is 5.69 Å². The summed E-state index contributed by atoms with van der Waals surface area (Å²) in [6.07, 6.45) is 0.385. The molecule has 1 aromatic heterocycles. The highest BCUT2D eigenvalue weighted by molar-refractivity contribution is 5.98. The van der Waals surface area contributed by atoms with Gasteiger partial charge in [-0.2, -0.15) is 0 Å². The van der Waals surface area contributed by atoms with E-state index in [1.54, 1.807) is 14.0 Å². The summed E-state index contributed by atoms with van der Waals surface area (Å²) in [5, 5.41) is 2.92.